The van der Waals surface area contributed by atoms with Crippen LogP contribution in [-0.2, 0) is 24.1 Å². The second-order valence-electron chi connectivity index (χ2n) is 11.7. The molecule has 11 nitrogen and oxygen atoms in total. The molecular formula is C37H50N3O8P. The Morgan fingerprint density at radius 3 is 1.90 bits per heavy atom. The normalized spacial score (nSPS) is 12.9. The van der Waals surface area contributed by atoms with Gasteiger partial charge >= 0.3 is 6.09 Å². The van der Waals surface area contributed by atoms with Crippen LogP contribution in [0.2, 0.25) is 0 Å². The molecule has 0 fully saturated rings. The van der Waals surface area contributed by atoms with E-state index in [4.69, 9.17) is 33.1 Å². The first-order chi connectivity index (χ1) is 23.7. The van der Waals surface area contributed by atoms with Crippen molar-refractivity contribution in [2.24, 2.45) is 0 Å². The maximum atomic E-state index is 10.9. The molecule has 0 aliphatic heterocycles. The molecule has 1 amide bonds. The summed E-state index contributed by atoms with van der Waals surface area (Å²) in [5, 5.41) is 20.5. The van der Waals surface area contributed by atoms with E-state index < -0.39 is 26.3 Å². The summed E-state index contributed by atoms with van der Waals surface area (Å²) in [5.74, 6) is 1.44. The molecule has 49 heavy (non-hydrogen) atoms. The minimum Gasteiger partial charge on any atom is -0.497 e. The third kappa shape index (κ3) is 11.7. The highest BCUT2D eigenvalue weighted by Crippen LogP contribution is 2.48. The number of nitrogens with zero attached hydrogens (tertiary/aromatic N) is 2. The zero-order valence-electron chi connectivity index (χ0n) is 29.3. The fraction of sp³-hybridized carbons (Fsp3) is 0.459. The van der Waals surface area contributed by atoms with Gasteiger partial charge in [0.05, 0.1) is 46.5 Å². The predicted molar refractivity (Wildman–Crippen MR) is 190 cm³/mol. The summed E-state index contributed by atoms with van der Waals surface area (Å²) in [6.07, 6.45) is -0.956. The molecule has 0 aromatic heterocycles. The van der Waals surface area contributed by atoms with Gasteiger partial charge in [-0.15, -0.1) is 0 Å². The molecule has 0 saturated heterocycles. The van der Waals surface area contributed by atoms with Gasteiger partial charge in [0, 0.05) is 25.2 Å². The van der Waals surface area contributed by atoms with Crippen molar-refractivity contribution >= 4 is 14.6 Å². The van der Waals surface area contributed by atoms with E-state index in [9.17, 15) is 10.1 Å². The Labute approximate surface area is 292 Å². The zero-order valence-corrected chi connectivity index (χ0v) is 30.2. The number of carboxylic acid groups (broad SMARTS) is 1. The van der Waals surface area contributed by atoms with E-state index in [0.717, 1.165) is 28.2 Å². The van der Waals surface area contributed by atoms with Crippen LogP contribution in [0, 0.1) is 11.3 Å². The van der Waals surface area contributed by atoms with Crippen LogP contribution >= 0.6 is 8.53 Å². The third-order valence-corrected chi connectivity index (χ3v) is 9.79. The van der Waals surface area contributed by atoms with Gasteiger partial charge in [0.2, 0.25) is 0 Å². The van der Waals surface area contributed by atoms with Crippen LogP contribution in [0.3, 0.4) is 0 Å². The van der Waals surface area contributed by atoms with Crippen LogP contribution in [0.25, 0.3) is 0 Å². The third-order valence-electron chi connectivity index (χ3n) is 7.61. The lowest BCUT2D eigenvalue weighted by atomic mass is 9.80. The Balaban J connectivity index is 2.07. The summed E-state index contributed by atoms with van der Waals surface area (Å²) >= 11 is 0. The van der Waals surface area contributed by atoms with Gasteiger partial charge in [-0.05, 0) is 75.1 Å². The number of hydrogen-bond acceptors (Lipinski definition) is 9. The molecule has 2 atom stereocenters. The molecular weight excluding hydrogens is 645 g/mol. The molecule has 266 valence electrons. The smallest absolute Gasteiger partial charge is 0.404 e. The maximum Gasteiger partial charge on any atom is 0.404 e. The Hall–Kier alpha value is -3.75. The van der Waals surface area contributed by atoms with Crippen LogP contribution in [0.15, 0.2) is 78.9 Å². The molecule has 0 radical (unpaired) electrons. The SMILES string of the molecule is COc1ccc(C(OCC(COCCCNC(=O)O)OP(OCCC#N)N(C(C)C)C(C)C)(c2ccccc2)c2ccc(OC)cc2)cc1. The highest BCUT2D eigenvalue weighted by Gasteiger charge is 2.39. The van der Waals surface area contributed by atoms with Crippen LogP contribution in [-0.4, -0.2) is 81.2 Å². The summed E-state index contributed by atoms with van der Waals surface area (Å²) in [6, 6.07) is 28.0. The van der Waals surface area contributed by atoms with Gasteiger partial charge in [0.25, 0.3) is 8.53 Å². The monoisotopic (exact) mass is 695 g/mol. The van der Waals surface area contributed by atoms with Gasteiger partial charge in [-0.1, -0.05) is 54.6 Å². The standard InChI is InChI=1S/C37H50N3O8P/c1-28(2)40(29(3)4)49(47-25-10-22-38)48-35(26-45-24-11-23-39-36(41)42)27-46-37(30-12-8-7-9-13-30,31-14-18-33(43-5)19-15-31)32-16-20-34(44-6)21-17-32/h7-9,12-21,28-29,35,39H,10-11,23-27H2,1-6H3,(H,41,42). The van der Waals surface area contributed by atoms with Crippen molar-refractivity contribution in [1.29, 1.82) is 5.26 Å². The van der Waals surface area contributed by atoms with Gasteiger partial charge in [-0.3, -0.25) is 0 Å². The van der Waals surface area contributed by atoms with Crippen molar-refractivity contribution in [3.05, 3.63) is 95.6 Å². The van der Waals surface area contributed by atoms with Crippen LogP contribution < -0.4 is 14.8 Å². The average Bonchev–Trinajstić information content (AvgIpc) is 3.10. The van der Waals surface area contributed by atoms with Crippen molar-refractivity contribution in [3.63, 3.8) is 0 Å². The number of carbonyl (C=O) groups is 1. The molecule has 0 aliphatic rings. The number of methoxy groups -OCH3 is 2. The Morgan fingerprint density at radius 2 is 1.41 bits per heavy atom. The van der Waals surface area contributed by atoms with Crippen LogP contribution in [0.5, 0.6) is 11.5 Å². The van der Waals surface area contributed by atoms with Gasteiger partial charge in [0.1, 0.15) is 23.2 Å². The number of amides is 1. The molecule has 12 heteroatoms. The molecule has 3 aromatic rings. The van der Waals surface area contributed by atoms with E-state index in [-0.39, 0.29) is 44.9 Å². The number of nitrogens with one attached hydrogen (secondary N) is 1. The van der Waals surface area contributed by atoms with E-state index in [1.165, 1.54) is 0 Å². The molecule has 0 heterocycles. The lowest BCUT2D eigenvalue weighted by Gasteiger charge is -2.39. The number of hydrogen-bond donors (Lipinski definition) is 2. The van der Waals surface area contributed by atoms with E-state index in [1.54, 1.807) is 14.2 Å². The molecule has 0 saturated carbocycles. The van der Waals surface area contributed by atoms with Crippen molar-refractivity contribution in [1.82, 2.24) is 9.99 Å². The minimum absolute atomic E-state index is 0.0970. The van der Waals surface area contributed by atoms with Gasteiger partial charge in [-0.2, -0.15) is 5.26 Å². The van der Waals surface area contributed by atoms with E-state index in [0.29, 0.717) is 13.0 Å². The van der Waals surface area contributed by atoms with Crippen molar-refractivity contribution in [3.8, 4) is 17.6 Å². The Bertz CT molecular complexity index is 1360. The largest absolute Gasteiger partial charge is 0.497 e. The zero-order chi connectivity index (χ0) is 35.6. The molecule has 0 spiro atoms. The molecule has 0 aliphatic carbocycles. The summed E-state index contributed by atoms with van der Waals surface area (Å²) in [4.78, 5) is 10.9. The van der Waals surface area contributed by atoms with Gasteiger partial charge in [-0.25, -0.2) is 9.46 Å². The Kier molecular flexibility index (Phi) is 16.8. The summed E-state index contributed by atoms with van der Waals surface area (Å²) in [5.41, 5.74) is 1.58. The highest BCUT2D eigenvalue weighted by molar-refractivity contribution is 7.44. The van der Waals surface area contributed by atoms with E-state index >= 15 is 0 Å². The molecule has 3 rings (SSSR count). The molecule has 0 bridgehead atoms. The molecule has 3 aromatic carbocycles. The van der Waals surface area contributed by atoms with Crippen molar-refractivity contribution < 1.29 is 37.9 Å². The first-order valence-corrected chi connectivity index (χ1v) is 17.6. The lowest BCUT2D eigenvalue weighted by molar-refractivity contribution is -0.0590. The summed E-state index contributed by atoms with van der Waals surface area (Å²) < 4.78 is 39.3. The Morgan fingerprint density at radius 1 is 0.857 bits per heavy atom. The second kappa shape index (κ2) is 20.7. The average molecular weight is 696 g/mol. The van der Waals surface area contributed by atoms with E-state index in [2.05, 4.69) is 43.8 Å². The predicted octanol–water partition coefficient (Wildman–Crippen LogP) is 7.35. The van der Waals surface area contributed by atoms with Gasteiger partial charge in [0.15, 0.2) is 0 Å². The molecule has 2 N–H and O–H groups in total. The van der Waals surface area contributed by atoms with Gasteiger partial charge < -0.3 is 38.4 Å². The number of benzene rings is 3. The fourth-order valence-electron chi connectivity index (χ4n) is 5.41. The van der Waals surface area contributed by atoms with Crippen molar-refractivity contribution in [2.45, 2.75) is 64.3 Å². The fourth-order valence-corrected chi connectivity index (χ4v) is 7.09. The first kappa shape index (κ1) is 39.7. The summed E-state index contributed by atoms with van der Waals surface area (Å²) in [6.45, 7) is 9.38. The lowest BCUT2D eigenvalue weighted by Crippen LogP contribution is -2.39. The summed E-state index contributed by atoms with van der Waals surface area (Å²) in [7, 11) is 1.65. The number of nitriles is 1. The first-order valence-electron chi connectivity index (χ1n) is 16.4. The van der Waals surface area contributed by atoms with Crippen LogP contribution in [0.1, 0.15) is 57.2 Å². The van der Waals surface area contributed by atoms with Crippen molar-refractivity contribution in [2.75, 3.05) is 47.2 Å². The number of rotatable bonds is 22. The number of ether oxygens (including phenoxy) is 4. The van der Waals surface area contributed by atoms with E-state index in [1.807, 2.05) is 78.9 Å². The topological polar surface area (TPSA) is 132 Å². The second-order valence-corrected chi connectivity index (χ2v) is 13.2. The minimum atomic E-state index is -1.61. The quantitative estimate of drug-likeness (QED) is 0.0625. The molecule has 2 unspecified atom stereocenters. The highest BCUT2D eigenvalue weighted by atomic mass is 31.2. The maximum absolute atomic E-state index is 10.9. The van der Waals surface area contributed by atoms with Crippen LogP contribution in [0.4, 0.5) is 4.79 Å².